The highest BCUT2D eigenvalue weighted by Crippen LogP contribution is 2.30. The molecule has 0 spiro atoms. The van der Waals surface area contributed by atoms with Gasteiger partial charge < -0.3 is 9.88 Å². The van der Waals surface area contributed by atoms with Crippen molar-refractivity contribution in [1.29, 1.82) is 0 Å². The zero-order chi connectivity index (χ0) is 19.1. The maximum absolute atomic E-state index is 13.8. The van der Waals surface area contributed by atoms with Crippen molar-refractivity contribution in [2.45, 2.75) is 38.5 Å². The molecule has 1 aliphatic heterocycles. The van der Waals surface area contributed by atoms with Crippen molar-refractivity contribution in [3.05, 3.63) is 34.4 Å². The molecule has 1 aromatic carbocycles. The van der Waals surface area contributed by atoms with Crippen LogP contribution in [0.4, 0.5) is 4.39 Å². The number of halogens is 1. The minimum Gasteiger partial charge on any atom is -0.355 e. The van der Waals surface area contributed by atoms with Crippen LogP contribution < -0.4 is 10.9 Å². The molecule has 1 N–H and O–H groups in total. The van der Waals surface area contributed by atoms with Crippen LogP contribution in [-0.2, 0) is 17.9 Å². The van der Waals surface area contributed by atoms with E-state index >= 15 is 0 Å². The van der Waals surface area contributed by atoms with Gasteiger partial charge in [-0.15, -0.1) is 0 Å². The number of fused-ring (bicyclic) bond motifs is 4. The van der Waals surface area contributed by atoms with Crippen LogP contribution in [0.15, 0.2) is 28.2 Å². The highest BCUT2D eigenvalue weighted by molar-refractivity contribution is 7.99. The second-order valence-corrected chi connectivity index (χ2v) is 8.24. The first kappa shape index (κ1) is 18.0. The third kappa shape index (κ3) is 3.22. The van der Waals surface area contributed by atoms with Crippen LogP contribution in [-0.4, -0.2) is 32.3 Å². The van der Waals surface area contributed by atoms with Gasteiger partial charge in [0.05, 0.1) is 5.52 Å². The molecule has 3 aromatic rings. The Kier molecular flexibility index (Phi) is 4.67. The van der Waals surface area contributed by atoms with Gasteiger partial charge >= 0.3 is 0 Å². The predicted octanol–water partition coefficient (Wildman–Crippen LogP) is 2.76. The van der Waals surface area contributed by atoms with Crippen molar-refractivity contribution in [3.8, 4) is 0 Å². The molecule has 0 aliphatic carbocycles. The van der Waals surface area contributed by atoms with E-state index in [1.807, 2.05) is 0 Å². The minimum absolute atomic E-state index is 0.00708. The number of carbonyl (C=O) groups is 1. The van der Waals surface area contributed by atoms with Crippen LogP contribution in [0.25, 0.3) is 21.9 Å². The Balaban J connectivity index is 1.83. The van der Waals surface area contributed by atoms with Crippen molar-refractivity contribution in [3.63, 3.8) is 0 Å². The number of rotatable bonds is 5. The first-order valence-electron chi connectivity index (χ1n) is 9.07. The standard InChI is InChI=1S/C19H21FN4O2S/c1-11(2)5-6-21-15(25)10-24-14-4-3-12(20)9-13(14)16-17(24)18(26)23-7-8-27-19(23)22-16/h3-4,9,11H,5-8,10H2,1-2H3,(H,21,25). The molecule has 0 bridgehead atoms. The molecule has 2 aromatic heterocycles. The van der Waals surface area contributed by atoms with E-state index in [0.717, 1.165) is 12.2 Å². The van der Waals surface area contributed by atoms with Crippen molar-refractivity contribution in [1.82, 2.24) is 19.4 Å². The molecule has 0 saturated carbocycles. The Bertz CT molecular complexity index is 1100. The Hall–Kier alpha value is -2.35. The average Bonchev–Trinajstić information content (AvgIpc) is 3.19. The fraction of sp³-hybridized carbons (Fsp3) is 0.421. The molecule has 0 fully saturated rings. The lowest BCUT2D eigenvalue weighted by atomic mass is 10.1. The van der Waals surface area contributed by atoms with Crippen molar-refractivity contribution < 1.29 is 9.18 Å². The monoisotopic (exact) mass is 388 g/mol. The van der Waals surface area contributed by atoms with Gasteiger partial charge in [-0.05, 0) is 30.5 Å². The fourth-order valence-electron chi connectivity index (χ4n) is 3.41. The van der Waals surface area contributed by atoms with Gasteiger partial charge in [0.15, 0.2) is 5.16 Å². The first-order valence-corrected chi connectivity index (χ1v) is 10.1. The van der Waals surface area contributed by atoms with E-state index in [4.69, 9.17) is 0 Å². The molecular formula is C19H21FN4O2S. The lowest BCUT2D eigenvalue weighted by Crippen LogP contribution is -2.30. The Labute approximate surface area is 159 Å². The van der Waals surface area contributed by atoms with E-state index in [9.17, 15) is 14.0 Å². The number of hydrogen-bond donors (Lipinski definition) is 1. The second-order valence-electron chi connectivity index (χ2n) is 7.18. The summed E-state index contributed by atoms with van der Waals surface area (Å²) in [6, 6.07) is 4.33. The van der Waals surface area contributed by atoms with Gasteiger partial charge in [-0.2, -0.15) is 0 Å². The second kappa shape index (κ2) is 6.99. The van der Waals surface area contributed by atoms with Gasteiger partial charge in [-0.25, -0.2) is 9.37 Å². The number of nitrogens with zero attached hydrogens (tertiary/aromatic N) is 3. The summed E-state index contributed by atoms with van der Waals surface area (Å²) in [6.45, 7) is 5.38. The van der Waals surface area contributed by atoms with E-state index in [2.05, 4.69) is 24.1 Å². The summed E-state index contributed by atoms with van der Waals surface area (Å²) in [5, 5.41) is 4.11. The quantitative estimate of drug-likeness (QED) is 0.683. The highest BCUT2D eigenvalue weighted by atomic mass is 32.2. The normalized spacial score (nSPS) is 13.6. The topological polar surface area (TPSA) is 68.9 Å². The number of carbonyl (C=O) groups excluding carboxylic acids is 1. The third-order valence-electron chi connectivity index (χ3n) is 4.78. The van der Waals surface area contributed by atoms with Gasteiger partial charge in [0, 0.05) is 24.2 Å². The third-order valence-corrected chi connectivity index (χ3v) is 5.73. The molecular weight excluding hydrogens is 367 g/mol. The molecule has 3 heterocycles. The fourth-order valence-corrected chi connectivity index (χ4v) is 4.35. The Morgan fingerprint density at radius 1 is 1.41 bits per heavy atom. The lowest BCUT2D eigenvalue weighted by molar-refractivity contribution is -0.121. The minimum atomic E-state index is -0.391. The molecule has 6 nitrogen and oxygen atoms in total. The summed E-state index contributed by atoms with van der Waals surface area (Å²) in [5.41, 5.74) is 1.29. The summed E-state index contributed by atoms with van der Waals surface area (Å²) in [5.74, 6) is 0.725. The molecule has 0 saturated heterocycles. The molecule has 142 valence electrons. The van der Waals surface area contributed by atoms with Crippen LogP contribution in [0.5, 0.6) is 0 Å². The Morgan fingerprint density at radius 2 is 2.22 bits per heavy atom. The van der Waals surface area contributed by atoms with E-state index in [0.29, 0.717) is 46.1 Å². The molecule has 4 rings (SSSR count). The number of nitrogens with one attached hydrogen (secondary N) is 1. The number of thioether (sulfide) groups is 1. The largest absolute Gasteiger partial charge is 0.355 e. The lowest BCUT2D eigenvalue weighted by Gasteiger charge is -2.10. The SMILES string of the molecule is CC(C)CCNC(=O)Cn1c2ccc(F)cc2c2nc3n(c(=O)c21)CCS3. The average molecular weight is 388 g/mol. The predicted molar refractivity (Wildman–Crippen MR) is 105 cm³/mol. The Morgan fingerprint density at radius 3 is 3.00 bits per heavy atom. The molecule has 1 aliphatic rings. The smallest absolute Gasteiger partial charge is 0.278 e. The zero-order valence-corrected chi connectivity index (χ0v) is 16.1. The van der Waals surface area contributed by atoms with Crippen molar-refractivity contribution in [2.24, 2.45) is 5.92 Å². The first-order chi connectivity index (χ1) is 13.0. The van der Waals surface area contributed by atoms with E-state index in [1.54, 1.807) is 15.2 Å². The number of amides is 1. The molecule has 0 unspecified atom stereocenters. The van der Waals surface area contributed by atoms with E-state index in [-0.39, 0.29) is 18.0 Å². The molecule has 0 atom stereocenters. The van der Waals surface area contributed by atoms with Gasteiger partial charge in [0.25, 0.3) is 5.56 Å². The van der Waals surface area contributed by atoms with Gasteiger partial charge in [-0.1, -0.05) is 25.6 Å². The van der Waals surface area contributed by atoms with Crippen LogP contribution >= 0.6 is 11.8 Å². The van der Waals surface area contributed by atoms with Crippen molar-refractivity contribution >= 4 is 39.6 Å². The zero-order valence-electron chi connectivity index (χ0n) is 15.3. The molecule has 27 heavy (non-hydrogen) atoms. The van der Waals surface area contributed by atoms with Crippen molar-refractivity contribution in [2.75, 3.05) is 12.3 Å². The molecule has 8 heteroatoms. The van der Waals surface area contributed by atoms with Gasteiger partial charge in [0.2, 0.25) is 5.91 Å². The van der Waals surface area contributed by atoms with Crippen LogP contribution in [0.3, 0.4) is 0 Å². The van der Waals surface area contributed by atoms with Crippen LogP contribution in [0.1, 0.15) is 20.3 Å². The summed E-state index contributed by atoms with van der Waals surface area (Å²) >= 11 is 1.52. The van der Waals surface area contributed by atoms with Crippen LogP contribution in [0, 0.1) is 11.7 Å². The molecule has 0 radical (unpaired) electrons. The number of hydrogen-bond acceptors (Lipinski definition) is 4. The van der Waals surface area contributed by atoms with Crippen LogP contribution in [0.2, 0.25) is 0 Å². The summed E-state index contributed by atoms with van der Waals surface area (Å²) < 4.78 is 17.1. The molecule has 1 amide bonds. The highest BCUT2D eigenvalue weighted by Gasteiger charge is 2.23. The summed E-state index contributed by atoms with van der Waals surface area (Å²) in [4.78, 5) is 30.1. The maximum Gasteiger partial charge on any atom is 0.278 e. The van der Waals surface area contributed by atoms with E-state index < -0.39 is 5.82 Å². The van der Waals surface area contributed by atoms with Gasteiger partial charge in [-0.3, -0.25) is 14.2 Å². The van der Waals surface area contributed by atoms with E-state index in [1.165, 1.54) is 23.9 Å². The summed E-state index contributed by atoms with van der Waals surface area (Å²) in [6.07, 6.45) is 0.888. The number of aromatic nitrogens is 3. The maximum atomic E-state index is 13.8. The summed E-state index contributed by atoms with van der Waals surface area (Å²) in [7, 11) is 0. The number of benzene rings is 1. The van der Waals surface area contributed by atoms with Gasteiger partial charge in [0.1, 0.15) is 23.4 Å².